The largest absolute Gasteiger partial charge is 0.365 e. The fraction of sp³-hybridized carbons (Fsp3) is 0.130. The Hall–Kier alpha value is -3.24. The molecule has 2 atom stereocenters. The first-order chi connectivity index (χ1) is 13.1. The number of benzene rings is 3. The molecule has 2 unspecified atom stereocenters. The molecule has 0 spiro atoms. The van der Waals surface area contributed by atoms with Crippen LogP contribution in [0.1, 0.15) is 27.9 Å². The van der Waals surface area contributed by atoms with Gasteiger partial charge in [-0.15, -0.1) is 0 Å². The van der Waals surface area contributed by atoms with Crippen LogP contribution in [0.5, 0.6) is 0 Å². The fourth-order valence-electron chi connectivity index (χ4n) is 4.67. The molecular formula is C23H17NO3. The van der Waals surface area contributed by atoms with Gasteiger partial charge in [0.15, 0.2) is 11.5 Å². The maximum Gasteiger partial charge on any atom is 0.231 e. The minimum Gasteiger partial charge on any atom is -0.365 e. The molecule has 4 nitrogen and oxygen atoms in total. The van der Waals surface area contributed by atoms with E-state index in [1.807, 2.05) is 48.5 Å². The molecule has 0 radical (unpaired) electrons. The van der Waals surface area contributed by atoms with E-state index in [2.05, 4.69) is 0 Å². The third-order valence-electron chi connectivity index (χ3n) is 5.80. The van der Waals surface area contributed by atoms with Crippen molar-refractivity contribution in [2.24, 2.45) is 0 Å². The van der Waals surface area contributed by atoms with E-state index in [-0.39, 0.29) is 18.1 Å². The number of amides is 1. The molecule has 0 bridgehead atoms. The maximum absolute atomic E-state index is 13.6. The van der Waals surface area contributed by atoms with Gasteiger partial charge < -0.3 is 5.11 Å². The monoisotopic (exact) mass is 355 g/mol. The molecule has 132 valence electrons. The van der Waals surface area contributed by atoms with Crippen molar-refractivity contribution < 1.29 is 14.7 Å². The summed E-state index contributed by atoms with van der Waals surface area (Å²) in [5, 5.41) is 12.1. The number of hydrogen-bond acceptors (Lipinski definition) is 3. The first-order valence-electron chi connectivity index (χ1n) is 8.91. The number of hydrogen-bond donors (Lipinski definition) is 1. The van der Waals surface area contributed by atoms with Gasteiger partial charge in [0.05, 0.1) is 0 Å². The molecule has 3 aromatic rings. The van der Waals surface area contributed by atoms with Crippen molar-refractivity contribution in [1.29, 1.82) is 0 Å². The van der Waals surface area contributed by atoms with Crippen LogP contribution in [0.4, 0.5) is 5.69 Å². The van der Waals surface area contributed by atoms with Crippen LogP contribution in [-0.4, -0.2) is 16.8 Å². The first-order valence-corrected chi connectivity index (χ1v) is 8.91. The van der Waals surface area contributed by atoms with Gasteiger partial charge in [-0.1, -0.05) is 72.8 Å². The summed E-state index contributed by atoms with van der Waals surface area (Å²) in [4.78, 5) is 28.1. The Balaban J connectivity index is 1.86. The average Bonchev–Trinajstić information content (AvgIpc) is 3.07. The van der Waals surface area contributed by atoms with E-state index in [4.69, 9.17) is 0 Å². The second kappa shape index (κ2) is 5.38. The molecule has 0 aromatic heterocycles. The topological polar surface area (TPSA) is 57.6 Å². The summed E-state index contributed by atoms with van der Waals surface area (Å²) in [6.45, 7) is 0. The van der Waals surface area contributed by atoms with Crippen molar-refractivity contribution in [3.8, 4) is 0 Å². The number of carbonyl (C=O) groups excluding carboxylic acids is 2. The Kier molecular flexibility index (Phi) is 3.18. The van der Waals surface area contributed by atoms with Crippen LogP contribution in [0.15, 0.2) is 84.9 Å². The minimum atomic E-state index is -1.76. The predicted octanol–water partition coefficient (Wildman–Crippen LogP) is 3.40. The first kappa shape index (κ1) is 16.0. The number of aliphatic hydroxyl groups is 1. The van der Waals surface area contributed by atoms with Gasteiger partial charge in [0.1, 0.15) is 5.41 Å². The smallest absolute Gasteiger partial charge is 0.231 e. The van der Waals surface area contributed by atoms with Crippen LogP contribution < -0.4 is 4.90 Å². The van der Waals surface area contributed by atoms with Crippen LogP contribution in [-0.2, 0) is 15.9 Å². The van der Waals surface area contributed by atoms with Crippen LogP contribution >= 0.6 is 0 Å². The lowest BCUT2D eigenvalue weighted by Gasteiger charge is -2.40. The Morgan fingerprint density at radius 3 is 2.07 bits per heavy atom. The standard InChI is InChI=1S/C23H17NO3/c25-20-15-22(16-9-3-1-4-10-16)21(26)18-13-7-8-14-19(18)23(22,27)24(20)17-11-5-2-6-12-17/h1-14,27H,15H2. The van der Waals surface area contributed by atoms with Gasteiger partial charge in [-0.2, -0.15) is 0 Å². The molecule has 1 fully saturated rings. The molecule has 1 saturated heterocycles. The summed E-state index contributed by atoms with van der Waals surface area (Å²) in [6, 6.07) is 25.2. The molecule has 4 heteroatoms. The predicted molar refractivity (Wildman–Crippen MR) is 101 cm³/mol. The molecule has 27 heavy (non-hydrogen) atoms. The summed E-state index contributed by atoms with van der Waals surface area (Å²) in [5.74, 6) is -0.478. The zero-order valence-electron chi connectivity index (χ0n) is 14.5. The summed E-state index contributed by atoms with van der Waals surface area (Å²) in [7, 11) is 0. The van der Waals surface area contributed by atoms with E-state index in [1.165, 1.54) is 4.90 Å². The highest BCUT2D eigenvalue weighted by Crippen LogP contribution is 2.60. The number of carbonyl (C=O) groups is 2. The Morgan fingerprint density at radius 2 is 1.37 bits per heavy atom. The number of ketones is 1. The van der Waals surface area contributed by atoms with Gasteiger partial charge in [-0.3, -0.25) is 14.5 Å². The van der Waals surface area contributed by atoms with Crippen LogP contribution in [0, 0.1) is 0 Å². The number of fused-ring (bicyclic) bond motifs is 3. The molecule has 1 aliphatic carbocycles. The quantitative estimate of drug-likeness (QED) is 0.766. The number of nitrogens with zero attached hydrogens (tertiary/aromatic N) is 1. The zero-order chi connectivity index (χ0) is 18.6. The Morgan fingerprint density at radius 1 is 0.778 bits per heavy atom. The van der Waals surface area contributed by atoms with Crippen molar-refractivity contribution >= 4 is 17.4 Å². The highest BCUT2D eigenvalue weighted by atomic mass is 16.3. The van der Waals surface area contributed by atoms with E-state index in [0.29, 0.717) is 22.4 Å². The van der Waals surface area contributed by atoms with Crippen LogP contribution in [0.2, 0.25) is 0 Å². The van der Waals surface area contributed by atoms with E-state index >= 15 is 0 Å². The van der Waals surface area contributed by atoms with E-state index in [0.717, 1.165) is 0 Å². The van der Waals surface area contributed by atoms with Gasteiger partial charge >= 0.3 is 0 Å². The lowest BCUT2D eigenvalue weighted by molar-refractivity contribution is -0.118. The second-order valence-electron chi connectivity index (χ2n) is 7.06. The van der Waals surface area contributed by atoms with Gasteiger partial charge in [0.2, 0.25) is 5.91 Å². The minimum absolute atomic E-state index is 0.0735. The lowest BCUT2D eigenvalue weighted by Crippen LogP contribution is -2.53. The van der Waals surface area contributed by atoms with Gasteiger partial charge in [-0.05, 0) is 17.7 Å². The number of rotatable bonds is 2. The normalized spacial score (nSPS) is 26.2. The van der Waals surface area contributed by atoms with Crippen molar-refractivity contribution in [2.75, 3.05) is 4.90 Å². The molecule has 1 aliphatic heterocycles. The van der Waals surface area contributed by atoms with Crippen LogP contribution in [0.3, 0.4) is 0 Å². The maximum atomic E-state index is 13.6. The van der Waals surface area contributed by atoms with Crippen molar-refractivity contribution in [1.82, 2.24) is 0 Å². The molecule has 3 aromatic carbocycles. The number of Topliss-reactive ketones (excluding diaryl/α,β-unsaturated/α-hetero) is 1. The fourth-order valence-corrected chi connectivity index (χ4v) is 4.67. The average molecular weight is 355 g/mol. The van der Waals surface area contributed by atoms with E-state index < -0.39 is 11.1 Å². The molecule has 0 saturated carbocycles. The summed E-state index contributed by atoms with van der Waals surface area (Å²) in [6.07, 6.45) is -0.0735. The van der Waals surface area contributed by atoms with E-state index in [1.54, 1.807) is 36.4 Å². The Labute approximate surface area is 156 Å². The molecule has 1 heterocycles. The highest BCUT2D eigenvalue weighted by Gasteiger charge is 2.72. The summed E-state index contributed by atoms with van der Waals surface area (Å²) in [5.41, 5.74) is -0.940. The molecular weight excluding hydrogens is 338 g/mol. The molecule has 1 N–H and O–H groups in total. The highest BCUT2D eigenvalue weighted by molar-refractivity contribution is 6.18. The molecule has 1 amide bonds. The summed E-state index contributed by atoms with van der Waals surface area (Å²) >= 11 is 0. The van der Waals surface area contributed by atoms with Crippen LogP contribution in [0.25, 0.3) is 0 Å². The number of para-hydroxylation sites is 1. The zero-order valence-corrected chi connectivity index (χ0v) is 14.5. The third kappa shape index (κ3) is 1.80. The van der Waals surface area contributed by atoms with Crippen molar-refractivity contribution in [3.63, 3.8) is 0 Å². The third-order valence-corrected chi connectivity index (χ3v) is 5.80. The number of anilines is 1. The van der Waals surface area contributed by atoms with Gasteiger partial charge in [0.25, 0.3) is 0 Å². The van der Waals surface area contributed by atoms with Crippen molar-refractivity contribution in [3.05, 3.63) is 102 Å². The van der Waals surface area contributed by atoms with Gasteiger partial charge in [0, 0.05) is 23.2 Å². The molecule has 5 rings (SSSR count). The lowest BCUT2D eigenvalue weighted by atomic mass is 9.71. The van der Waals surface area contributed by atoms with Crippen molar-refractivity contribution in [2.45, 2.75) is 17.6 Å². The van der Waals surface area contributed by atoms with E-state index in [9.17, 15) is 14.7 Å². The SMILES string of the molecule is O=C1CC2(c3ccccc3)C(=O)c3ccccc3C2(O)N1c1ccccc1. The second-order valence-corrected chi connectivity index (χ2v) is 7.06. The van der Waals surface area contributed by atoms with Gasteiger partial charge in [-0.25, -0.2) is 0 Å². The Bertz CT molecular complexity index is 1060. The summed E-state index contributed by atoms with van der Waals surface area (Å²) < 4.78 is 0. The molecule has 2 aliphatic rings.